The SMILES string of the molecule is C[Si](C)(C)CCOCN/C(C=O)=C\C(=N)C=O. The Bertz CT molecular complexity index is 308. The van der Waals surface area contributed by atoms with Crippen LogP contribution in [0.5, 0.6) is 0 Å². The molecule has 0 aliphatic carbocycles. The summed E-state index contributed by atoms with van der Waals surface area (Å²) in [7, 11) is -1.09. The summed E-state index contributed by atoms with van der Waals surface area (Å²) in [5.74, 6) is 0. The van der Waals surface area contributed by atoms with Crippen molar-refractivity contribution in [2.75, 3.05) is 13.3 Å². The van der Waals surface area contributed by atoms with Gasteiger partial charge in [0.2, 0.25) is 0 Å². The number of ether oxygens (including phenoxy) is 1. The van der Waals surface area contributed by atoms with Crippen LogP contribution in [0.4, 0.5) is 0 Å². The fourth-order valence-electron chi connectivity index (χ4n) is 0.913. The molecule has 0 aliphatic rings. The van der Waals surface area contributed by atoms with Crippen LogP contribution in [0.2, 0.25) is 25.7 Å². The van der Waals surface area contributed by atoms with Crippen molar-refractivity contribution < 1.29 is 14.3 Å². The van der Waals surface area contributed by atoms with Crippen LogP contribution in [0.15, 0.2) is 11.8 Å². The van der Waals surface area contributed by atoms with E-state index in [1.807, 2.05) is 0 Å². The maximum Gasteiger partial charge on any atom is 0.167 e. The number of rotatable bonds is 9. The quantitative estimate of drug-likeness (QED) is 0.162. The van der Waals surface area contributed by atoms with E-state index in [1.54, 1.807) is 0 Å². The Balaban J connectivity index is 3.86. The van der Waals surface area contributed by atoms with Crippen molar-refractivity contribution >= 4 is 26.4 Å². The second-order valence-electron chi connectivity index (χ2n) is 4.83. The largest absolute Gasteiger partial charge is 0.362 e. The lowest BCUT2D eigenvalue weighted by Gasteiger charge is -2.15. The second-order valence-corrected chi connectivity index (χ2v) is 10.5. The highest BCUT2D eigenvalue weighted by Crippen LogP contribution is 2.07. The molecule has 0 amide bonds. The molecule has 0 aliphatic heterocycles. The van der Waals surface area contributed by atoms with Crippen molar-refractivity contribution in [1.29, 1.82) is 5.41 Å². The maximum absolute atomic E-state index is 10.6. The minimum Gasteiger partial charge on any atom is -0.362 e. The number of aldehydes is 2. The molecule has 6 heteroatoms. The van der Waals surface area contributed by atoms with E-state index in [0.29, 0.717) is 19.2 Å². The van der Waals surface area contributed by atoms with Gasteiger partial charge in [0.25, 0.3) is 0 Å². The fourth-order valence-corrected chi connectivity index (χ4v) is 1.67. The van der Waals surface area contributed by atoms with Crippen molar-refractivity contribution in [3.63, 3.8) is 0 Å². The molecule has 5 nitrogen and oxygen atoms in total. The number of hydrogen-bond acceptors (Lipinski definition) is 5. The van der Waals surface area contributed by atoms with Gasteiger partial charge in [-0.2, -0.15) is 0 Å². The van der Waals surface area contributed by atoms with Gasteiger partial charge in [0.1, 0.15) is 6.73 Å². The van der Waals surface area contributed by atoms with Crippen molar-refractivity contribution in [2.45, 2.75) is 25.7 Å². The first-order chi connectivity index (χ1) is 7.89. The van der Waals surface area contributed by atoms with Gasteiger partial charge in [0, 0.05) is 14.7 Å². The van der Waals surface area contributed by atoms with Crippen LogP contribution in [0.3, 0.4) is 0 Å². The summed E-state index contributed by atoms with van der Waals surface area (Å²) < 4.78 is 5.32. The van der Waals surface area contributed by atoms with Gasteiger partial charge in [-0.3, -0.25) is 15.0 Å². The van der Waals surface area contributed by atoms with Gasteiger partial charge in [-0.1, -0.05) is 19.6 Å². The summed E-state index contributed by atoms with van der Waals surface area (Å²) in [5.41, 5.74) is -0.0724. The zero-order chi connectivity index (χ0) is 13.3. The highest BCUT2D eigenvalue weighted by atomic mass is 28.3. The average molecular weight is 256 g/mol. The molecule has 2 N–H and O–H groups in total. The maximum atomic E-state index is 10.6. The third-order valence-electron chi connectivity index (χ3n) is 1.94. The smallest absolute Gasteiger partial charge is 0.167 e. The minimum absolute atomic E-state index is 0.176. The van der Waals surface area contributed by atoms with Gasteiger partial charge in [-0.15, -0.1) is 0 Å². The third-order valence-corrected chi connectivity index (χ3v) is 3.64. The first kappa shape index (κ1) is 15.7. The lowest BCUT2D eigenvalue weighted by molar-refractivity contribution is -0.105. The summed E-state index contributed by atoms with van der Waals surface area (Å²) in [6, 6.07) is 1.05. The van der Waals surface area contributed by atoms with E-state index in [-0.39, 0.29) is 18.1 Å². The molecule has 0 aromatic heterocycles. The number of nitrogens with one attached hydrogen (secondary N) is 2. The normalized spacial score (nSPS) is 12.1. The van der Waals surface area contributed by atoms with E-state index in [9.17, 15) is 9.59 Å². The van der Waals surface area contributed by atoms with Crippen molar-refractivity contribution in [1.82, 2.24) is 5.32 Å². The fraction of sp³-hybridized carbons (Fsp3) is 0.545. The van der Waals surface area contributed by atoms with Crippen LogP contribution in [-0.4, -0.2) is 39.7 Å². The lowest BCUT2D eigenvalue weighted by Crippen LogP contribution is -2.24. The Morgan fingerprint density at radius 1 is 1.29 bits per heavy atom. The predicted molar refractivity (Wildman–Crippen MR) is 70.0 cm³/mol. The zero-order valence-corrected chi connectivity index (χ0v) is 11.6. The molecule has 0 atom stereocenters. The lowest BCUT2D eigenvalue weighted by atomic mass is 10.3. The molecule has 0 aromatic carbocycles. The molecular weight excluding hydrogens is 236 g/mol. The van der Waals surface area contributed by atoms with E-state index in [1.165, 1.54) is 6.08 Å². The van der Waals surface area contributed by atoms with E-state index in [2.05, 4.69) is 25.0 Å². The van der Waals surface area contributed by atoms with E-state index >= 15 is 0 Å². The molecule has 0 saturated carbocycles. The third kappa shape index (κ3) is 9.64. The van der Waals surface area contributed by atoms with Gasteiger partial charge in [0.15, 0.2) is 12.6 Å². The molecule has 0 bridgehead atoms. The van der Waals surface area contributed by atoms with E-state index in [4.69, 9.17) is 10.1 Å². The molecule has 0 radical (unpaired) electrons. The highest BCUT2D eigenvalue weighted by Gasteiger charge is 2.11. The Morgan fingerprint density at radius 2 is 1.94 bits per heavy atom. The molecule has 0 saturated heterocycles. The van der Waals surface area contributed by atoms with E-state index < -0.39 is 8.07 Å². The molecule has 96 valence electrons. The first-order valence-corrected chi connectivity index (χ1v) is 9.12. The van der Waals surface area contributed by atoms with Crippen LogP contribution in [0, 0.1) is 5.41 Å². The summed E-state index contributed by atoms with van der Waals surface area (Å²) >= 11 is 0. The molecular formula is C11H20N2O3Si. The Hall–Kier alpha value is -1.27. The van der Waals surface area contributed by atoms with Crippen LogP contribution in [0.1, 0.15) is 0 Å². The number of allylic oxidation sites excluding steroid dienone is 2. The second kappa shape index (κ2) is 7.91. The number of carbonyl (C=O) groups excluding carboxylic acids is 2. The number of carbonyl (C=O) groups is 2. The Morgan fingerprint density at radius 3 is 2.41 bits per heavy atom. The topological polar surface area (TPSA) is 79.2 Å². The van der Waals surface area contributed by atoms with Gasteiger partial charge in [-0.05, 0) is 12.1 Å². The van der Waals surface area contributed by atoms with Crippen molar-refractivity contribution in [3.8, 4) is 0 Å². The summed E-state index contributed by atoms with van der Waals surface area (Å²) in [6.07, 6.45) is 2.10. The Labute approximate surface area is 103 Å². The van der Waals surface area contributed by atoms with Crippen LogP contribution >= 0.6 is 0 Å². The zero-order valence-electron chi connectivity index (χ0n) is 10.6. The molecule has 0 heterocycles. The molecule has 0 fully saturated rings. The molecule has 17 heavy (non-hydrogen) atoms. The number of hydrogen-bond donors (Lipinski definition) is 2. The predicted octanol–water partition coefficient (Wildman–Crippen LogP) is 1.19. The Kier molecular flexibility index (Phi) is 7.32. The summed E-state index contributed by atoms with van der Waals surface area (Å²) in [6.45, 7) is 7.63. The van der Waals surface area contributed by atoms with Crippen molar-refractivity contribution in [3.05, 3.63) is 11.8 Å². The molecule has 0 unspecified atom stereocenters. The standard InChI is InChI=1S/C11H20N2O3Si/c1-17(2,3)5-4-16-9-13-11(8-15)6-10(12)7-14/h6-8,12-13H,4-5,9H2,1-3H3/b11-6-,12-10?. The highest BCUT2D eigenvalue weighted by molar-refractivity contribution is 6.76. The van der Waals surface area contributed by atoms with Crippen molar-refractivity contribution in [2.24, 2.45) is 0 Å². The minimum atomic E-state index is -1.09. The van der Waals surface area contributed by atoms with Gasteiger partial charge >= 0.3 is 0 Å². The van der Waals surface area contributed by atoms with Crippen LogP contribution < -0.4 is 5.32 Å². The van der Waals surface area contributed by atoms with Gasteiger partial charge in [0.05, 0.1) is 11.4 Å². The summed E-state index contributed by atoms with van der Waals surface area (Å²) in [4.78, 5) is 20.8. The molecule has 0 rings (SSSR count). The van der Waals surface area contributed by atoms with Crippen LogP contribution in [0.25, 0.3) is 0 Å². The molecule has 0 spiro atoms. The average Bonchev–Trinajstić information content (AvgIpc) is 2.25. The summed E-state index contributed by atoms with van der Waals surface area (Å²) in [5, 5.41) is 9.80. The first-order valence-electron chi connectivity index (χ1n) is 5.41. The van der Waals surface area contributed by atoms with Gasteiger partial charge < -0.3 is 10.1 Å². The van der Waals surface area contributed by atoms with Gasteiger partial charge in [-0.25, -0.2) is 0 Å². The molecule has 0 aromatic rings. The van der Waals surface area contributed by atoms with E-state index in [0.717, 1.165) is 6.04 Å². The van der Waals surface area contributed by atoms with Crippen LogP contribution in [-0.2, 0) is 14.3 Å². The monoisotopic (exact) mass is 256 g/mol.